The van der Waals surface area contributed by atoms with Crippen LogP contribution in [0, 0.1) is 4.77 Å². The van der Waals surface area contributed by atoms with E-state index in [1.54, 1.807) is 18.8 Å². The number of benzene rings is 1. The molecule has 0 bridgehead atoms. The van der Waals surface area contributed by atoms with Crippen LogP contribution in [0.5, 0.6) is 17.4 Å². The molecule has 0 unspecified atom stereocenters. The predicted octanol–water partition coefficient (Wildman–Crippen LogP) is 2.73. The van der Waals surface area contributed by atoms with Crippen molar-refractivity contribution >= 4 is 12.2 Å². The highest BCUT2D eigenvalue weighted by Crippen LogP contribution is 2.36. The van der Waals surface area contributed by atoms with Gasteiger partial charge >= 0.3 is 0 Å². The lowest BCUT2D eigenvalue weighted by Crippen LogP contribution is -2.87. The number of nitrogens with one attached hydrogen (secondary N) is 1. The highest BCUT2D eigenvalue weighted by atomic mass is 32.1. The number of allylic oxidation sites excluding steroid dienone is 2. The van der Waals surface area contributed by atoms with Gasteiger partial charge in [0.15, 0.2) is 16.3 Å². The molecule has 1 aromatic carbocycles. The van der Waals surface area contributed by atoms with Gasteiger partial charge in [0.1, 0.15) is 11.6 Å². The molecule has 4 rings (SSSR count). The van der Waals surface area contributed by atoms with Crippen LogP contribution in [0.15, 0.2) is 28.6 Å². The number of H-pyrrole nitrogens is 1. The zero-order valence-electron chi connectivity index (χ0n) is 18.1. The lowest BCUT2D eigenvalue weighted by atomic mass is 9.90. The number of fused-ring (bicyclic) bond motifs is 1. The number of quaternary nitrogens is 1. The molecule has 1 aromatic heterocycles. The molecule has 166 valence electrons. The molecule has 2 aliphatic rings. The Bertz CT molecular complexity index is 1120. The summed E-state index contributed by atoms with van der Waals surface area (Å²) in [4.78, 5) is 15.7. The van der Waals surface area contributed by atoms with Crippen molar-refractivity contribution in [2.75, 3.05) is 20.8 Å². The molecule has 0 fully saturated rings. The molecule has 0 saturated carbocycles. The topological polar surface area (TPSA) is 93.1 Å². The monoisotopic (exact) mass is 444 g/mol. The Balaban J connectivity index is 1.74. The molecule has 1 aliphatic carbocycles. The third-order valence-corrected chi connectivity index (χ3v) is 6.68. The van der Waals surface area contributed by atoms with Crippen LogP contribution in [0.4, 0.5) is 0 Å². The van der Waals surface area contributed by atoms with Crippen LogP contribution in [-0.2, 0) is 13.0 Å². The van der Waals surface area contributed by atoms with E-state index in [0.717, 1.165) is 43.4 Å². The van der Waals surface area contributed by atoms with Crippen molar-refractivity contribution in [3.8, 4) is 17.4 Å². The number of rotatable bonds is 6. The first-order valence-electron chi connectivity index (χ1n) is 10.9. The maximum atomic E-state index is 12.9. The maximum absolute atomic E-state index is 12.9. The second kappa shape index (κ2) is 9.28. The van der Waals surface area contributed by atoms with Crippen molar-refractivity contribution in [3.63, 3.8) is 0 Å². The Morgan fingerprint density at radius 3 is 2.71 bits per heavy atom. The van der Waals surface area contributed by atoms with Gasteiger partial charge < -0.3 is 19.9 Å². The number of aromatic hydroxyl groups is 1. The highest BCUT2D eigenvalue weighted by molar-refractivity contribution is 7.71. The lowest BCUT2D eigenvalue weighted by molar-refractivity contribution is -0.690. The van der Waals surface area contributed by atoms with Gasteiger partial charge in [0.25, 0.3) is 5.56 Å². The third kappa shape index (κ3) is 4.27. The Morgan fingerprint density at radius 1 is 1.23 bits per heavy atom. The zero-order chi connectivity index (χ0) is 22.0. The second-order valence-corrected chi connectivity index (χ2v) is 8.55. The van der Waals surface area contributed by atoms with E-state index >= 15 is 0 Å². The zero-order valence-corrected chi connectivity index (χ0v) is 18.9. The fraction of sp³-hybridized carbons (Fsp3) is 0.478. The summed E-state index contributed by atoms with van der Waals surface area (Å²) in [6, 6.07) is 3.53. The lowest BCUT2D eigenvalue weighted by Gasteiger charge is -2.26. The van der Waals surface area contributed by atoms with Gasteiger partial charge in [-0.1, -0.05) is 11.6 Å². The van der Waals surface area contributed by atoms with E-state index in [4.69, 9.17) is 21.7 Å². The molecule has 0 spiro atoms. The number of nitrogens with zero attached hydrogens (tertiary/aromatic N) is 1. The normalized spacial score (nSPS) is 18.3. The summed E-state index contributed by atoms with van der Waals surface area (Å²) >= 11 is 5.39. The van der Waals surface area contributed by atoms with E-state index in [1.807, 2.05) is 12.1 Å². The smallest absolute Gasteiger partial charge is 0.265 e. The van der Waals surface area contributed by atoms with E-state index in [0.29, 0.717) is 23.6 Å². The van der Waals surface area contributed by atoms with Crippen LogP contribution in [-0.4, -0.2) is 35.4 Å². The molecule has 1 aliphatic heterocycles. The minimum Gasteiger partial charge on any atom is -0.494 e. The molecule has 0 saturated heterocycles. The quantitative estimate of drug-likeness (QED) is 0.471. The molecular weight excluding hydrogens is 414 g/mol. The minimum absolute atomic E-state index is 0.0472. The summed E-state index contributed by atoms with van der Waals surface area (Å²) in [5.41, 5.74) is 3.42. The number of hydrogen-bond donors (Lipinski definition) is 3. The molecule has 0 amide bonds. The second-order valence-electron chi connectivity index (χ2n) is 8.16. The van der Waals surface area contributed by atoms with E-state index in [-0.39, 0.29) is 22.3 Å². The summed E-state index contributed by atoms with van der Waals surface area (Å²) in [6.07, 6.45) is 8.61. The van der Waals surface area contributed by atoms with Crippen molar-refractivity contribution in [2.45, 2.75) is 51.1 Å². The largest absolute Gasteiger partial charge is 0.494 e. The molecule has 7 nitrogen and oxygen atoms in total. The van der Waals surface area contributed by atoms with Gasteiger partial charge in [-0.15, -0.1) is 0 Å². The first kappa shape index (κ1) is 21.6. The van der Waals surface area contributed by atoms with E-state index < -0.39 is 0 Å². The molecular formula is C23H30N3O4S+. The van der Waals surface area contributed by atoms with Crippen LogP contribution >= 0.6 is 12.2 Å². The third-order valence-electron chi connectivity index (χ3n) is 6.36. The maximum Gasteiger partial charge on any atom is 0.265 e. The van der Waals surface area contributed by atoms with Crippen LogP contribution in [0.25, 0.3) is 0 Å². The number of methoxy groups -OCH3 is 2. The van der Waals surface area contributed by atoms with E-state index in [9.17, 15) is 9.90 Å². The van der Waals surface area contributed by atoms with Crippen LogP contribution in [0.3, 0.4) is 0 Å². The summed E-state index contributed by atoms with van der Waals surface area (Å²) < 4.78 is 12.8. The van der Waals surface area contributed by atoms with E-state index in [1.165, 1.54) is 18.4 Å². The van der Waals surface area contributed by atoms with Crippen LogP contribution < -0.4 is 20.3 Å². The number of ether oxygens (including phenoxy) is 2. The Morgan fingerprint density at radius 2 is 2.00 bits per heavy atom. The van der Waals surface area contributed by atoms with Crippen LogP contribution in [0.2, 0.25) is 0 Å². The average molecular weight is 445 g/mol. The number of aromatic amines is 1. The fourth-order valence-corrected chi connectivity index (χ4v) is 4.97. The van der Waals surface area contributed by atoms with Crippen molar-refractivity contribution in [3.05, 3.63) is 55.6 Å². The Labute approximate surface area is 186 Å². The van der Waals surface area contributed by atoms with Gasteiger partial charge in [0.05, 0.1) is 20.8 Å². The van der Waals surface area contributed by atoms with Crippen LogP contribution in [0.1, 0.15) is 54.8 Å². The van der Waals surface area contributed by atoms with Gasteiger partial charge in [-0.2, -0.15) is 0 Å². The Hall–Kier alpha value is -2.58. The van der Waals surface area contributed by atoms with Crippen molar-refractivity contribution in [1.29, 1.82) is 0 Å². The van der Waals surface area contributed by atoms with Gasteiger partial charge in [-0.05, 0) is 62.0 Å². The highest BCUT2D eigenvalue weighted by Gasteiger charge is 2.32. The fourth-order valence-electron chi connectivity index (χ4n) is 4.70. The summed E-state index contributed by atoms with van der Waals surface area (Å²) in [6.45, 7) is 1.35. The standard InChI is InChI=1S/C23H29N3O4S/c1-29-17-12-15-8-10-24-20(16(15)13-18(17)30-2)19-21(27)25-23(31)26(22(19)28)11-9-14-6-4-3-5-7-14/h6,12-13,20,24,28H,3-5,7-11H2,1-2H3,(H,25,27,31)/p+1/t20-/m1/s1. The molecule has 8 heteroatoms. The van der Waals surface area contributed by atoms with Gasteiger partial charge in [-0.25, -0.2) is 0 Å². The van der Waals surface area contributed by atoms with Crippen molar-refractivity contribution in [1.82, 2.24) is 9.55 Å². The van der Waals surface area contributed by atoms with Gasteiger partial charge in [-0.3, -0.25) is 14.3 Å². The van der Waals surface area contributed by atoms with Gasteiger partial charge in [0.2, 0.25) is 5.88 Å². The SMILES string of the molecule is COc1cc2c(cc1OC)[C@H](c1c(O)n(CCC3=CCCCC3)c(=S)[nH]c1=O)[NH2+]CC2. The summed E-state index contributed by atoms with van der Waals surface area (Å²) in [7, 11) is 3.20. The van der Waals surface area contributed by atoms with Crippen molar-refractivity contribution in [2.24, 2.45) is 0 Å². The first-order valence-corrected chi connectivity index (χ1v) is 11.3. The first-order chi connectivity index (χ1) is 15.0. The van der Waals surface area contributed by atoms with Gasteiger partial charge in [0, 0.05) is 18.5 Å². The summed E-state index contributed by atoms with van der Waals surface area (Å²) in [5, 5.41) is 13.2. The van der Waals surface area contributed by atoms with E-state index in [2.05, 4.69) is 16.4 Å². The number of hydrogen-bond acceptors (Lipinski definition) is 5. The predicted molar refractivity (Wildman–Crippen MR) is 121 cm³/mol. The number of aromatic nitrogens is 2. The summed E-state index contributed by atoms with van der Waals surface area (Å²) in [5.74, 6) is 1.22. The minimum atomic E-state index is -0.348. The molecule has 0 radical (unpaired) electrons. The molecule has 31 heavy (non-hydrogen) atoms. The average Bonchev–Trinajstić information content (AvgIpc) is 2.78. The Kier molecular flexibility index (Phi) is 6.48. The van der Waals surface area contributed by atoms with Crippen molar-refractivity contribution < 1.29 is 19.9 Å². The molecule has 2 heterocycles. The molecule has 2 aromatic rings. The molecule has 4 N–H and O–H groups in total. The molecule has 1 atom stereocenters. The number of nitrogens with two attached hydrogens (primary N) is 1.